The lowest BCUT2D eigenvalue weighted by Gasteiger charge is -2.18. The van der Waals surface area contributed by atoms with Crippen LogP contribution in [0.4, 0.5) is 5.69 Å². The summed E-state index contributed by atoms with van der Waals surface area (Å²) in [5.74, 6) is -0.251. The van der Waals surface area contributed by atoms with Crippen molar-refractivity contribution in [3.63, 3.8) is 0 Å². The third kappa shape index (κ3) is 2.03. The summed E-state index contributed by atoms with van der Waals surface area (Å²) < 4.78 is 4.78. The van der Waals surface area contributed by atoms with Crippen LogP contribution in [0.2, 0.25) is 0 Å². The van der Waals surface area contributed by atoms with Crippen molar-refractivity contribution in [3.8, 4) is 0 Å². The highest BCUT2D eigenvalue weighted by molar-refractivity contribution is 5.92. The van der Waals surface area contributed by atoms with Crippen molar-refractivity contribution in [1.29, 1.82) is 0 Å². The SMILES string of the molecule is COC(=O)c1cc(N2CCCC2)ccc1C. The Bertz CT molecular complexity index is 395. The molecule has 1 fully saturated rings. The summed E-state index contributed by atoms with van der Waals surface area (Å²) in [6.07, 6.45) is 2.48. The van der Waals surface area contributed by atoms with E-state index in [1.807, 2.05) is 19.1 Å². The van der Waals surface area contributed by atoms with Gasteiger partial charge in [-0.3, -0.25) is 0 Å². The predicted molar refractivity (Wildman–Crippen MR) is 64.0 cm³/mol. The van der Waals surface area contributed by atoms with Gasteiger partial charge in [0.2, 0.25) is 0 Å². The third-order valence-corrected chi connectivity index (χ3v) is 3.10. The molecule has 0 N–H and O–H groups in total. The summed E-state index contributed by atoms with van der Waals surface area (Å²) >= 11 is 0. The molecule has 16 heavy (non-hydrogen) atoms. The lowest BCUT2D eigenvalue weighted by atomic mass is 10.1. The van der Waals surface area contributed by atoms with Gasteiger partial charge in [0.05, 0.1) is 12.7 Å². The van der Waals surface area contributed by atoms with Crippen molar-refractivity contribution in [3.05, 3.63) is 29.3 Å². The van der Waals surface area contributed by atoms with Gasteiger partial charge >= 0.3 is 5.97 Å². The molecule has 1 aromatic rings. The maximum Gasteiger partial charge on any atom is 0.338 e. The normalized spacial score (nSPS) is 15.2. The molecule has 0 spiro atoms. The number of carbonyl (C=O) groups excluding carboxylic acids is 1. The second-order valence-corrected chi connectivity index (χ2v) is 4.18. The van der Waals surface area contributed by atoms with E-state index < -0.39 is 0 Å². The van der Waals surface area contributed by atoms with Crippen molar-refractivity contribution in [2.75, 3.05) is 25.1 Å². The monoisotopic (exact) mass is 219 g/mol. The fraction of sp³-hybridized carbons (Fsp3) is 0.462. The topological polar surface area (TPSA) is 29.5 Å². The number of aryl methyl sites for hydroxylation is 1. The van der Waals surface area contributed by atoms with E-state index in [1.165, 1.54) is 20.0 Å². The number of hydrogen-bond donors (Lipinski definition) is 0. The van der Waals surface area contributed by atoms with Crippen molar-refractivity contribution >= 4 is 11.7 Å². The molecule has 1 aromatic carbocycles. The van der Waals surface area contributed by atoms with E-state index in [9.17, 15) is 4.79 Å². The second kappa shape index (κ2) is 4.56. The molecule has 3 heteroatoms. The summed E-state index contributed by atoms with van der Waals surface area (Å²) in [6.45, 7) is 4.10. The van der Waals surface area contributed by atoms with Crippen LogP contribution in [0.25, 0.3) is 0 Å². The van der Waals surface area contributed by atoms with Crippen molar-refractivity contribution in [1.82, 2.24) is 0 Å². The molecule has 86 valence electrons. The number of ether oxygens (including phenoxy) is 1. The fourth-order valence-electron chi connectivity index (χ4n) is 2.11. The van der Waals surface area contributed by atoms with Gasteiger partial charge in [-0.25, -0.2) is 4.79 Å². The summed E-state index contributed by atoms with van der Waals surface area (Å²) in [5, 5.41) is 0. The third-order valence-electron chi connectivity index (χ3n) is 3.10. The average molecular weight is 219 g/mol. The van der Waals surface area contributed by atoms with Gasteiger partial charge in [-0.05, 0) is 37.5 Å². The Balaban J connectivity index is 2.30. The van der Waals surface area contributed by atoms with E-state index in [-0.39, 0.29) is 5.97 Å². The lowest BCUT2D eigenvalue weighted by molar-refractivity contribution is 0.0600. The molecule has 0 radical (unpaired) electrons. The van der Waals surface area contributed by atoms with Gasteiger partial charge in [-0.2, -0.15) is 0 Å². The molecule has 1 heterocycles. The molecular formula is C13H17NO2. The van der Waals surface area contributed by atoms with Crippen LogP contribution >= 0.6 is 0 Å². The minimum absolute atomic E-state index is 0.251. The molecular weight excluding hydrogens is 202 g/mol. The first-order valence-corrected chi connectivity index (χ1v) is 5.66. The van der Waals surface area contributed by atoms with Crippen LogP contribution in [0.15, 0.2) is 18.2 Å². The van der Waals surface area contributed by atoms with Gasteiger partial charge in [0.25, 0.3) is 0 Å². The fourth-order valence-corrected chi connectivity index (χ4v) is 2.11. The number of rotatable bonds is 2. The second-order valence-electron chi connectivity index (χ2n) is 4.18. The number of methoxy groups -OCH3 is 1. The number of esters is 1. The zero-order valence-corrected chi connectivity index (χ0v) is 9.82. The Morgan fingerprint density at radius 3 is 2.62 bits per heavy atom. The van der Waals surface area contributed by atoms with Gasteiger partial charge in [0.15, 0.2) is 0 Å². The maximum atomic E-state index is 11.6. The van der Waals surface area contributed by atoms with Gasteiger partial charge in [0, 0.05) is 18.8 Å². The van der Waals surface area contributed by atoms with E-state index in [0.29, 0.717) is 5.56 Å². The summed E-state index contributed by atoms with van der Waals surface area (Å²) in [5.41, 5.74) is 2.77. The first-order valence-electron chi connectivity index (χ1n) is 5.66. The van der Waals surface area contributed by atoms with E-state index >= 15 is 0 Å². The van der Waals surface area contributed by atoms with E-state index in [4.69, 9.17) is 4.74 Å². The molecule has 1 aliphatic heterocycles. The average Bonchev–Trinajstić information content (AvgIpc) is 2.82. The Kier molecular flexibility index (Phi) is 3.13. The van der Waals surface area contributed by atoms with E-state index in [1.54, 1.807) is 0 Å². The molecule has 0 unspecified atom stereocenters. The molecule has 0 amide bonds. The van der Waals surface area contributed by atoms with Crippen molar-refractivity contribution < 1.29 is 9.53 Å². The highest BCUT2D eigenvalue weighted by atomic mass is 16.5. The van der Waals surface area contributed by atoms with Crippen LogP contribution in [-0.2, 0) is 4.74 Å². The van der Waals surface area contributed by atoms with Crippen LogP contribution in [0.5, 0.6) is 0 Å². The Labute approximate surface area is 96.0 Å². The number of hydrogen-bond acceptors (Lipinski definition) is 3. The van der Waals surface area contributed by atoms with Crippen LogP contribution in [0, 0.1) is 6.92 Å². The highest BCUT2D eigenvalue weighted by Crippen LogP contribution is 2.23. The van der Waals surface area contributed by atoms with Crippen LogP contribution in [-0.4, -0.2) is 26.2 Å². The number of carbonyl (C=O) groups is 1. The predicted octanol–water partition coefficient (Wildman–Crippen LogP) is 2.38. The van der Waals surface area contributed by atoms with Gasteiger partial charge in [0.1, 0.15) is 0 Å². The van der Waals surface area contributed by atoms with Gasteiger partial charge in [-0.1, -0.05) is 6.07 Å². The molecule has 0 aliphatic carbocycles. The Morgan fingerprint density at radius 1 is 1.31 bits per heavy atom. The minimum Gasteiger partial charge on any atom is -0.465 e. The molecule has 0 atom stereocenters. The zero-order valence-electron chi connectivity index (χ0n) is 9.82. The molecule has 3 nitrogen and oxygen atoms in total. The Hall–Kier alpha value is -1.51. The minimum atomic E-state index is -0.251. The first kappa shape index (κ1) is 11.0. The van der Waals surface area contributed by atoms with Crippen LogP contribution < -0.4 is 4.90 Å². The number of benzene rings is 1. The molecule has 2 rings (SSSR count). The lowest BCUT2D eigenvalue weighted by Crippen LogP contribution is -2.18. The largest absolute Gasteiger partial charge is 0.465 e. The smallest absolute Gasteiger partial charge is 0.338 e. The molecule has 1 aliphatic rings. The van der Waals surface area contributed by atoms with Crippen molar-refractivity contribution in [2.24, 2.45) is 0 Å². The summed E-state index contributed by atoms with van der Waals surface area (Å²) in [4.78, 5) is 13.9. The van der Waals surface area contributed by atoms with Gasteiger partial charge in [-0.15, -0.1) is 0 Å². The molecule has 0 aromatic heterocycles. The summed E-state index contributed by atoms with van der Waals surface area (Å²) in [7, 11) is 1.42. The summed E-state index contributed by atoms with van der Waals surface area (Å²) in [6, 6.07) is 6.00. The van der Waals surface area contributed by atoms with Crippen LogP contribution in [0.3, 0.4) is 0 Å². The number of anilines is 1. The van der Waals surface area contributed by atoms with Crippen molar-refractivity contribution in [2.45, 2.75) is 19.8 Å². The number of nitrogens with zero attached hydrogens (tertiary/aromatic N) is 1. The molecule has 0 saturated carbocycles. The van der Waals surface area contributed by atoms with E-state index in [0.717, 1.165) is 24.3 Å². The van der Waals surface area contributed by atoms with E-state index in [2.05, 4.69) is 11.0 Å². The Morgan fingerprint density at radius 2 is 2.00 bits per heavy atom. The maximum absolute atomic E-state index is 11.6. The first-order chi connectivity index (χ1) is 7.72. The van der Waals surface area contributed by atoms with Gasteiger partial charge < -0.3 is 9.64 Å². The molecule has 1 saturated heterocycles. The van der Waals surface area contributed by atoms with Crippen LogP contribution in [0.1, 0.15) is 28.8 Å². The highest BCUT2D eigenvalue weighted by Gasteiger charge is 2.15. The quantitative estimate of drug-likeness (QED) is 0.715. The standard InChI is InChI=1S/C13H17NO2/c1-10-5-6-11(14-7-3-4-8-14)9-12(10)13(15)16-2/h5-6,9H,3-4,7-8H2,1-2H3. The molecule has 0 bridgehead atoms. The zero-order chi connectivity index (χ0) is 11.5.